The molecule has 1 aliphatic heterocycles. The quantitative estimate of drug-likeness (QED) is 0.888. The van der Waals surface area contributed by atoms with E-state index in [1.165, 1.54) is 0 Å². The third-order valence-corrected chi connectivity index (χ3v) is 4.83. The normalized spacial score (nSPS) is 18.0. The molecule has 3 rings (SSSR count). The van der Waals surface area contributed by atoms with E-state index in [-0.39, 0.29) is 12.5 Å². The number of halogens is 3. The SMILES string of the molecule is Cc1ccc([C@H](CCC(F)(F)F)N2CCNCC2)c2ccccc12. The number of fused-ring (bicyclic) bond motifs is 1. The van der Waals surface area contributed by atoms with Crippen molar-refractivity contribution in [2.24, 2.45) is 0 Å². The number of benzene rings is 2. The number of aryl methyl sites for hydroxylation is 1. The zero-order valence-electron chi connectivity index (χ0n) is 13.9. The van der Waals surface area contributed by atoms with E-state index in [4.69, 9.17) is 0 Å². The van der Waals surface area contributed by atoms with Gasteiger partial charge in [0, 0.05) is 38.6 Å². The molecule has 0 radical (unpaired) electrons. The van der Waals surface area contributed by atoms with Gasteiger partial charge in [0.2, 0.25) is 0 Å². The minimum Gasteiger partial charge on any atom is -0.314 e. The molecule has 24 heavy (non-hydrogen) atoms. The Morgan fingerprint density at radius 3 is 2.38 bits per heavy atom. The fourth-order valence-electron chi connectivity index (χ4n) is 3.59. The van der Waals surface area contributed by atoms with Crippen molar-refractivity contribution in [1.29, 1.82) is 0 Å². The highest BCUT2D eigenvalue weighted by atomic mass is 19.4. The van der Waals surface area contributed by atoms with Gasteiger partial charge in [0.25, 0.3) is 0 Å². The Morgan fingerprint density at radius 1 is 1.04 bits per heavy atom. The van der Waals surface area contributed by atoms with Crippen molar-refractivity contribution in [2.75, 3.05) is 26.2 Å². The summed E-state index contributed by atoms with van der Waals surface area (Å²) in [7, 11) is 0. The van der Waals surface area contributed by atoms with Gasteiger partial charge in [-0.05, 0) is 35.2 Å². The largest absolute Gasteiger partial charge is 0.389 e. The highest BCUT2D eigenvalue weighted by Gasteiger charge is 2.31. The Hall–Kier alpha value is -1.59. The molecule has 2 aromatic carbocycles. The van der Waals surface area contributed by atoms with Crippen LogP contribution in [0.5, 0.6) is 0 Å². The number of rotatable bonds is 4. The first-order chi connectivity index (χ1) is 11.5. The van der Waals surface area contributed by atoms with Gasteiger partial charge in [0.15, 0.2) is 0 Å². The van der Waals surface area contributed by atoms with Gasteiger partial charge in [-0.2, -0.15) is 13.2 Å². The fraction of sp³-hybridized carbons (Fsp3) is 0.474. The lowest BCUT2D eigenvalue weighted by atomic mass is 9.92. The monoisotopic (exact) mass is 336 g/mol. The molecule has 0 saturated carbocycles. The van der Waals surface area contributed by atoms with Crippen molar-refractivity contribution in [3.05, 3.63) is 47.5 Å². The number of piperazine rings is 1. The van der Waals surface area contributed by atoms with E-state index in [1.54, 1.807) is 0 Å². The third-order valence-electron chi connectivity index (χ3n) is 4.83. The van der Waals surface area contributed by atoms with Crippen molar-refractivity contribution in [3.8, 4) is 0 Å². The molecule has 130 valence electrons. The summed E-state index contributed by atoms with van der Waals surface area (Å²) in [6.07, 6.45) is -4.76. The van der Waals surface area contributed by atoms with Crippen molar-refractivity contribution in [2.45, 2.75) is 32.0 Å². The van der Waals surface area contributed by atoms with Crippen molar-refractivity contribution >= 4 is 10.8 Å². The predicted molar refractivity (Wildman–Crippen MR) is 91.2 cm³/mol. The molecule has 2 nitrogen and oxygen atoms in total. The lowest BCUT2D eigenvalue weighted by molar-refractivity contribution is -0.138. The zero-order chi connectivity index (χ0) is 17.2. The number of alkyl halides is 3. The zero-order valence-corrected chi connectivity index (χ0v) is 13.9. The van der Waals surface area contributed by atoms with Gasteiger partial charge in [-0.25, -0.2) is 0 Å². The van der Waals surface area contributed by atoms with Crippen LogP contribution in [0.25, 0.3) is 10.8 Å². The highest BCUT2D eigenvalue weighted by molar-refractivity contribution is 5.88. The minimum atomic E-state index is -4.12. The topological polar surface area (TPSA) is 15.3 Å². The van der Waals surface area contributed by atoms with Crippen LogP contribution in [0.3, 0.4) is 0 Å². The Labute approximate surface area is 140 Å². The summed E-state index contributed by atoms with van der Waals surface area (Å²) in [6.45, 7) is 5.26. The molecule has 0 aliphatic carbocycles. The summed E-state index contributed by atoms with van der Waals surface area (Å²) in [5, 5.41) is 5.48. The number of hydrogen-bond donors (Lipinski definition) is 1. The van der Waals surface area contributed by atoms with Crippen LogP contribution in [0, 0.1) is 6.92 Å². The molecule has 1 saturated heterocycles. The van der Waals surface area contributed by atoms with Crippen LogP contribution in [0.15, 0.2) is 36.4 Å². The van der Waals surface area contributed by atoms with Crippen molar-refractivity contribution in [1.82, 2.24) is 10.2 Å². The smallest absolute Gasteiger partial charge is 0.314 e. The standard InChI is InChI=1S/C19H23F3N2/c1-14-6-7-17(16-5-3-2-4-15(14)16)18(8-9-19(20,21)22)24-12-10-23-11-13-24/h2-7,18,23H,8-13H2,1H3/t18-/m0/s1. The number of hydrogen-bond acceptors (Lipinski definition) is 2. The molecular formula is C19H23F3N2. The Kier molecular flexibility index (Phi) is 5.11. The summed E-state index contributed by atoms with van der Waals surface area (Å²) in [5.74, 6) is 0. The van der Waals surface area contributed by atoms with E-state index in [0.29, 0.717) is 0 Å². The van der Waals surface area contributed by atoms with Crippen LogP contribution in [-0.2, 0) is 0 Å². The van der Waals surface area contributed by atoms with E-state index < -0.39 is 12.6 Å². The summed E-state index contributed by atoms with van der Waals surface area (Å²) < 4.78 is 38.5. The predicted octanol–water partition coefficient (Wildman–Crippen LogP) is 4.44. The van der Waals surface area contributed by atoms with Crippen molar-refractivity contribution in [3.63, 3.8) is 0 Å². The summed E-state index contributed by atoms with van der Waals surface area (Å²) >= 11 is 0. The van der Waals surface area contributed by atoms with E-state index in [1.807, 2.05) is 43.3 Å². The van der Waals surface area contributed by atoms with E-state index >= 15 is 0 Å². The molecule has 1 N–H and O–H groups in total. The molecule has 0 amide bonds. The third kappa shape index (κ3) is 3.90. The van der Waals surface area contributed by atoms with Crippen LogP contribution >= 0.6 is 0 Å². The van der Waals surface area contributed by atoms with Gasteiger partial charge < -0.3 is 5.32 Å². The van der Waals surface area contributed by atoms with Crippen LogP contribution < -0.4 is 5.32 Å². The summed E-state index contributed by atoms with van der Waals surface area (Å²) in [6, 6.07) is 11.9. The molecule has 0 bridgehead atoms. The molecule has 2 aromatic rings. The van der Waals surface area contributed by atoms with Gasteiger partial charge >= 0.3 is 6.18 Å². The summed E-state index contributed by atoms with van der Waals surface area (Å²) in [4.78, 5) is 2.19. The first kappa shape index (κ1) is 17.2. The lowest BCUT2D eigenvalue weighted by Crippen LogP contribution is -2.45. The van der Waals surface area contributed by atoms with Crippen LogP contribution in [0.2, 0.25) is 0 Å². The Balaban J connectivity index is 1.99. The molecule has 5 heteroatoms. The lowest BCUT2D eigenvalue weighted by Gasteiger charge is -2.36. The molecule has 1 fully saturated rings. The van der Waals surface area contributed by atoms with E-state index in [9.17, 15) is 13.2 Å². The second-order valence-corrected chi connectivity index (χ2v) is 6.47. The molecule has 1 aliphatic rings. The maximum Gasteiger partial charge on any atom is 0.389 e. The van der Waals surface area contributed by atoms with Gasteiger partial charge in [0.1, 0.15) is 0 Å². The van der Waals surface area contributed by atoms with Crippen molar-refractivity contribution < 1.29 is 13.2 Å². The van der Waals surface area contributed by atoms with E-state index in [0.717, 1.165) is 48.1 Å². The van der Waals surface area contributed by atoms with Gasteiger partial charge in [-0.15, -0.1) is 0 Å². The number of nitrogens with one attached hydrogen (secondary N) is 1. The molecule has 0 unspecified atom stereocenters. The second-order valence-electron chi connectivity index (χ2n) is 6.47. The summed E-state index contributed by atoms with van der Waals surface area (Å²) in [5.41, 5.74) is 2.17. The molecular weight excluding hydrogens is 313 g/mol. The van der Waals surface area contributed by atoms with Gasteiger partial charge in [0.05, 0.1) is 0 Å². The Morgan fingerprint density at radius 2 is 1.71 bits per heavy atom. The average molecular weight is 336 g/mol. The first-order valence-corrected chi connectivity index (χ1v) is 8.45. The van der Waals surface area contributed by atoms with E-state index in [2.05, 4.69) is 10.2 Å². The van der Waals surface area contributed by atoms with Crippen LogP contribution in [-0.4, -0.2) is 37.3 Å². The average Bonchev–Trinajstić information content (AvgIpc) is 2.57. The molecule has 0 spiro atoms. The van der Waals surface area contributed by atoms with Gasteiger partial charge in [-0.1, -0.05) is 36.4 Å². The Bertz CT molecular complexity index is 691. The maximum atomic E-state index is 12.8. The first-order valence-electron chi connectivity index (χ1n) is 8.45. The second kappa shape index (κ2) is 7.11. The van der Waals surface area contributed by atoms with Crippen LogP contribution in [0.4, 0.5) is 13.2 Å². The van der Waals surface area contributed by atoms with Gasteiger partial charge in [-0.3, -0.25) is 4.90 Å². The number of nitrogens with zero attached hydrogens (tertiary/aromatic N) is 1. The molecule has 1 heterocycles. The maximum absolute atomic E-state index is 12.8. The molecule has 0 aromatic heterocycles. The molecule has 1 atom stereocenters. The van der Waals surface area contributed by atoms with Crippen LogP contribution in [0.1, 0.15) is 30.0 Å². The fourth-order valence-corrected chi connectivity index (χ4v) is 3.59. The highest BCUT2D eigenvalue weighted by Crippen LogP contribution is 2.36. The minimum absolute atomic E-state index is 0.108.